The molecule has 0 bridgehead atoms. The average molecular weight is 406 g/mol. The molecule has 1 atom stereocenters. The molecule has 0 fully saturated rings. The van der Waals surface area contributed by atoms with Crippen LogP contribution in [0.4, 0.5) is 15.9 Å². The van der Waals surface area contributed by atoms with Gasteiger partial charge in [0.15, 0.2) is 0 Å². The third-order valence-electron chi connectivity index (χ3n) is 4.94. The number of hydrogen-bond acceptors (Lipinski definition) is 4. The van der Waals surface area contributed by atoms with E-state index in [0.29, 0.717) is 11.3 Å². The van der Waals surface area contributed by atoms with Crippen molar-refractivity contribution < 1.29 is 19.1 Å². The first-order valence-electron chi connectivity index (χ1n) is 9.41. The van der Waals surface area contributed by atoms with Gasteiger partial charge in [0.25, 0.3) is 5.91 Å². The average Bonchev–Trinajstić information content (AvgIpc) is 3.18. The van der Waals surface area contributed by atoms with E-state index in [1.54, 1.807) is 12.1 Å². The summed E-state index contributed by atoms with van der Waals surface area (Å²) in [5, 5.41) is 19.4. The number of aromatic nitrogens is 2. The maximum atomic E-state index is 13.3. The first-order chi connectivity index (χ1) is 14.5. The van der Waals surface area contributed by atoms with E-state index < -0.39 is 23.7 Å². The monoisotopic (exact) mass is 406 g/mol. The van der Waals surface area contributed by atoms with Crippen molar-refractivity contribution in [2.75, 3.05) is 10.6 Å². The highest BCUT2D eigenvalue weighted by atomic mass is 19.1. The minimum atomic E-state index is -1.17. The van der Waals surface area contributed by atoms with Crippen molar-refractivity contribution in [3.05, 3.63) is 89.0 Å². The van der Waals surface area contributed by atoms with Crippen LogP contribution < -0.4 is 10.6 Å². The maximum Gasteiger partial charge on any atom is 0.352 e. The summed E-state index contributed by atoms with van der Waals surface area (Å²) in [5.41, 5.74) is 2.53. The zero-order valence-corrected chi connectivity index (χ0v) is 16.1. The van der Waals surface area contributed by atoms with E-state index in [-0.39, 0.29) is 17.1 Å². The van der Waals surface area contributed by atoms with E-state index in [1.807, 2.05) is 31.2 Å². The molecule has 8 heteroatoms. The predicted octanol–water partition coefficient (Wildman–Crippen LogP) is 3.82. The van der Waals surface area contributed by atoms with Gasteiger partial charge in [-0.05, 0) is 47.9 Å². The topological polar surface area (TPSA) is 96.3 Å². The van der Waals surface area contributed by atoms with Gasteiger partial charge in [0.2, 0.25) is 0 Å². The minimum absolute atomic E-state index is 0.0846. The van der Waals surface area contributed by atoms with Crippen LogP contribution in [0, 0.1) is 5.82 Å². The van der Waals surface area contributed by atoms with E-state index in [9.17, 15) is 19.1 Å². The fourth-order valence-electron chi connectivity index (χ4n) is 3.31. The van der Waals surface area contributed by atoms with Gasteiger partial charge in [-0.2, -0.15) is 5.10 Å². The lowest BCUT2D eigenvalue weighted by Gasteiger charge is -2.24. The minimum Gasteiger partial charge on any atom is -0.477 e. The standard InChI is InChI=1S/C22H19FN4O3/c1-2-13-3-9-16(10-4-13)25-21(28)17-12-24-27-19(14-5-7-15(23)8-6-14)11-18(22(29)30)26-20(17)27/h3-12,19,26H,2H2,1H3,(H,25,28)(H,29,30)/t19-/m0/s1. The molecule has 4 rings (SSSR count). The molecule has 0 radical (unpaired) electrons. The Hall–Kier alpha value is -3.94. The molecule has 1 aliphatic heterocycles. The number of nitrogens with zero attached hydrogens (tertiary/aromatic N) is 2. The van der Waals surface area contributed by atoms with Crippen LogP contribution >= 0.6 is 0 Å². The molecule has 3 aromatic rings. The van der Waals surface area contributed by atoms with Crippen LogP contribution in [-0.2, 0) is 11.2 Å². The molecule has 0 saturated carbocycles. The molecule has 2 aromatic carbocycles. The summed E-state index contributed by atoms with van der Waals surface area (Å²) in [6, 6.07) is 12.6. The Labute approximate surface area is 171 Å². The second-order valence-electron chi connectivity index (χ2n) is 6.86. The molecule has 3 N–H and O–H groups in total. The Morgan fingerprint density at radius 3 is 2.50 bits per heavy atom. The predicted molar refractivity (Wildman–Crippen MR) is 110 cm³/mol. The first kappa shape index (κ1) is 19.4. The van der Waals surface area contributed by atoms with Gasteiger partial charge >= 0.3 is 5.97 Å². The highest BCUT2D eigenvalue weighted by Crippen LogP contribution is 2.32. The number of allylic oxidation sites excluding steroid dienone is 1. The van der Waals surface area contributed by atoms with Crippen LogP contribution in [0.15, 0.2) is 66.5 Å². The van der Waals surface area contributed by atoms with Crippen molar-refractivity contribution in [3.63, 3.8) is 0 Å². The summed E-state index contributed by atoms with van der Waals surface area (Å²) in [5.74, 6) is -1.73. The van der Waals surface area contributed by atoms with Gasteiger partial charge in [0.1, 0.15) is 22.9 Å². The number of halogens is 1. The summed E-state index contributed by atoms with van der Waals surface area (Å²) in [4.78, 5) is 24.5. The molecule has 0 spiro atoms. The SMILES string of the molecule is CCc1ccc(NC(=O)c2cnn3c2NC(C(=O)O)=C[C@H]3c2ccc(F)cc2)cc1. The third kappa shape index (κ3) is 3.67. The second-order valence-corrected chi connectivity index (χ2v) is 6.86. The van der Waals surface area contributed by atoms with E-state index in [2.05, 4.69) is 15.7 Å². The van der Waals surface area contributed by atoms with Crippen LogP contribution in [0.1, 0.15) is 34.5 Å². The highest BCUT2D eigenvalue weighted by Gasteiger charge is 2.29. The van der Waals surface area contributed by atoms with E-state index in [1.165, 1.54) is 29.1 Å². The molecular weight excluding hydrogens is 387 g/mol. The molecule has 1 amide bonds. The number of anilines is 2. The number of hydrogen-bond donors (Lipinski definition) is 3. The zero-order valence-electron chi connectivity index (χ0n) is 16.1. The fourth-order valence-corrected chi connectivity index (χ4v) is 3.31. The number of nitrogens with one attached hydrogen (secondary N) is 2. The number of aryl methyl sites for hydroxylation is 1. The lowest BCUT2D eigenvalue weighted by atomic mass is 10.0. The van der Waals surface area contributed by atoms with E-state index in [0.717, 1.165) is 12.0 Å². The molecule has 0 aliphatic carbocycles. The number of benzene rings is 2. The Morgan fingerprint density at radius 2 is 1.87 bits per heavy atom. The summed E-state index contributed by atoms with van der Waals surface area (Å²) >= 11 is 0. The normalized spacial score (nSPS) is 15.0. The Morgan fingerprint density at radius 1 is 1.17 bits per heavy atom. The quantitative estimate of drug-likeness (QED) is 0.599. The summed E-state index contributed by atoms with van der Waals surface area (Å²) in [6.45, 7) is 2.05. The number of carboxylic acid groups (broad SMARTS) is 1. The summed E-state index contributed by atoms with van der Waals surface area (Å²) in [6.07, 6.45) is 3.75. The number of rotatable bonds is 5. The van der Waals surface area contributed by atoms with Crippen LogP contribution in [0.3, 0.4) is 0 Å². The van der Waals surface area contributed by atoms with Crippen LogP contribution in [0.5, 0.6) is 0 Å². The third-order valence-corrected chi connectivity index (χ3v) is 4.94. The van der Waals surface area contributed by atoms with Crippen molar-refractivity contribution >= 4 is 23.4 Å². The lowest BCUT2D eigenvalue weighted by molar-refractivity contribution is -0.132. The van der Waals surface area contributed by atoms with Crippen molar-refractivity contribution in [3.8, 4) is 0 Å². The van der Waals surface area contributed by atoms with Gasteiger partial charge in [-0.15, -0.1) is 0 Å². The van der Waals surface area contributed by atoms with Gasteiger partial charge in [0, 0.05) is 5.69 Å². The van der Waals surface area contributed by atoms with Crippen molar-refractivity contribution in [2.45, 2.75) is 19.4 Å². The Kier molecular flexibility index (Phi) is 5.05. The zero-order chi connectivity index (χ0) is 21.3. The van der Waals surface area contributed by atoms with Crippen LogP contribution in [0.25, 0.3) is 0 Å². The summed E-state index contributed by atoms with van der Waals surface area (Å²) in [7, 11) is 0. The number of carbonyl (C=O) groups excluding carboxylic acids is 1. The molecule has 1 aliphatic rings. The molecule has 7 nitrogen and oxygen atoms in total. The molecular formula is C22H19FN4O3. The molecule has 2 heterocycles. The van der Waals surface area contributed by atoms with Gasteiger partial charge in [0.05, 0.1) is 12.2 Å². The van der Waals surface area contributed by atoms with Crippen molar-refractivity contribution in [1.29, 1.82) is 0 Å². The highest BCUT2D eigenvalue weighted by molar-refractivity contribution is 6.08. The number of amides is 1. The molecule has 1 aromatic heterocycles. The lowest BCUT2D eigenvalue weighted by Crippen LogP contribution is -2.25. The van der Waals surface area contributed by atoms with Crippen LogP contribution in [-0.4, -0.2) is 26.8 Å². The van der Waals surface area contributed by atoms with Crippen molar-refractivity contribution in [2.24, 2.45) is 0 Å². The number of aliphatic carboxylic acids is 1. The van der Waals surface area contributed by atoms with E-state index >= 15 is 0 Å². The van der Waals surface area contributed by atoms with Crippen molar-refractivity contribution in [1.82, 2.24) is 9.78 Å². The van der Waals surface area contributed by atoms with Gasteiger partial charge in [-0.3, -0.25) is 4.79 Å². The smallest absolute Gasteiger partial charge is 0.352 e. The Bertz CT molecular complexity index is 1130. The fraction of sp³-hybridized carbons (Fsp3) is 0.136. The second kappa shape index (κ2) is 7.82. The van der Waals surface area contributed by atoms with Gasteiger partial charge in [-0.25, -0.2) is 13.9 Å². The van der Waals surface area contributed by atoms with Gasteiger partial charge in [-0.1, -0.05) is 31.2 Å². The number of carbonyl (C=O) groups is 2. The number of carboxylic acids is 1. The van der Waals surface area contributed by atoms with Gasteiger partial charge < -0.3 is 15.7 Å². The molecule has 152 valence electrons. The Balaban J connectivity index is 1.68. The molecule has 0 unspecified atom stereocenters. The maximum absolute atomic E-state index is 13.3. The first-order valence-corrected chi connectivity index (χ1v) is 9.41. The van der Waals surface area contributed by atoms with E-state index in [4.69, 9.17) is 0 Å². The van der Waals surface area contributed by atoms with Crippen LogP contribution in [0.2, 0.25) is 0 Å². The molecule has 30 heavy (non-hydrogen) atoms. The number of fused-ring (bicyclic) bond motifs is 1. The summed E-state index contributed by atoms with van der Waals surface area (Å²) < 4.78 is 14.8. The molecule has 0 saturated heterocycles. The largest absolute Gasteiger partial charge is 0.477 e.